The number of aliphatic hydroxyl groups excluding tert-OH is 1. The van der Waals surface area contributed by atoms with E-state index in [9.17, 15) is 19.5 Å². The van der Waals surface area contributed by atoms with E-state index in [0.717, 1.165) is 69.7 Å². The lowest BCUT2D eigenvalue weighted by molar-refractivity contribution is -0.136. The van der Waals surface area contributed by atoms with Crippen molar-refractivity contribution >= 4 is 35.0 Å². The molecular weight excluding hydrogens is 444 g/mol. The van der Waals surface area contributed by atoms with Crippen LogP contribution in [0.3, 0.4) is 0 Å². The molecule has 9 heteroatoms. The predicted molar refractivity (Wildman–Crippen MR) is 124 cm³/mol. The molecule has 4 aliphatic rings. The normalized spacial score (nSPS) is 25.5. The van der Waals surface area contributed by atoms with Gasteiger partial charge < -0.3 is 19.8 Å². The maximum atomic E-state index is 13.0. The predicted octanol–water partition coefficient (Wildman–Crippen LogP) is 1.77. The standard InChI is InChI=1S/C24H31ClN4O4/c25-22-18-14-29(20-3-4-21(31)26-23(20)32)24(33)17(18)1-2-19(22)28-11-5-15(6-12-28)13-27-9-7-16(30)8-10-27/h1-2,15-16,20,30H,3-14H2,(H,26,31,32). The first-order valence-electron chi connectivity index (χ1n) is 12.0. The van der Waals surface area contributed by atoms with Crippen LogP contribution in [-0.2, 0) is 16.1 Å². The molecule has 3 amide bonds. The van der Waals surface area contributed by atoms with E-state index in [-0.39, 0.29) is 24.3 Å². The summed E-state index contributed by atoms with van der Waals surface area (Å²) >= 11 is 6.82. The topological polar surface area (TPSA) is 93.2 Å². The molecule has 8 nitrogen and oxygen atoms in total. The van der Waals surface area contributed by atoms with Crippen molar-refractivity contribution < 1.29 is 19.5 Å². The Morgan fingerprint density at radius 2 is 1.73 bits per heavy atom. The molecule has 5 rings (SSSR count). The van der Waals surface area contributed by atoms with E-state index in [2.05, 4.69) is 15.1 Å². The minimum Gasteiger partial charge on any atom is -0.393 e. The molecule has 4 heterocycles. The molecule has 0 saturated carbocycles. The van der Waals surface area contributed by atoms with Gasteiger partial charge in [0.15, 0.2) is 0 Å². The third kappa shape index (κ3) is 4.48. The Labute approximate surface area is 198 Å². The summed E-state index contributed by atoms with van der Waals surface area (Å²) in [4.78, 5) is 43.1. The van der Waals surface area contributed by atoms with Gasteiger partial charge in [-0.1, -0.05) is 11.6 Å². The number of amides is 3. The lowest BCUT2D eigenvalue weighted by atomic mass is 9.94. The van der Waals surface area contributed by atoms with Crippen LogP contribution in [0.25, 0.3) is 0 Å². The van der Waals surface area contributed by atoms with Gasteiger partial charge in [-0.05, 0) is 50.2 Å². The highest BCUT2D eigenvalue weighted by Crippen LogP contribution is 2.39. The summed E-state index contributed by atoms with van der Waals surface area (Å²) < 4.78 is 0. The number of hydrogen-bond acceptors (Lipinski definition) is 6. The number of imide groups is 1. The number of anilines is 1. The lowest BCUT2D eigenvalue weighted by Gasteiger charge is -2.38. The third-order valence-electron chi connectivity index (χ3n) is 7.66. The van der Waals surface area contributed by atoms with Crippen LogP contribution >= 0.6 is 11.6 Å². The Bertz CT molecular complexity index is 954. The highest BCUT2D eigenvalue weighted by molar-refractivity contribution is 6.35. The van der Waals surface area contributed by atoms with Crippen molar-refractivity contribution in [2.45, 2.75) is 57.2 Å². The van der Waals surface area contributed by atoms with E-state index >= 15 is 0 Å². The molecule has 1 aromatic carbocycles. The maximum Gasteiger partial charge on any atom is 0.255 e. The van der Waals surface area contributed by atoms with Gasteiger partial charge in [-0.15, -0.1) is 0 Å². The lowest BCUT2D eigenvalue weighted by Crippen LogP contribution is -2.52. The van der Waals surface area contributed by atoms with Gasteiger partial charge in [0.25, 0.3) is 5.91 Å². The molecule has 2 N–H and O–H groups in total. The van der Waals surface area contributed by atoms with Crippen LogP contribution < -0.4 is 10.2 Å². The van der Waals surface area contributed by atoms with Crippen molar-refractivity contribution in [3.63, 3.8) is 0 Å². The zero-order valence-electron chi connectivity index (χ0n) is 18.8. The summed E-state index contributed by atoms with van der Waals surface area (Å²) in [5.41, 5.74) is 2.28. The number of carbonyl (C=O) groups is 3. The second-order valence-corrected chi connectivity index (χ2v) is 10.2. The molecule has 1 atom stereocenters. The fraction of sp³-hybridized carbons (Fsp3) is 0.625. The number of piperidine rings is 3. The molecule has 0 bridgehead atoms. The molecule has 4 aliphatic heterocycles. The molecule has 0 radical (unpaired) electrons. The zero-order chi connectivity index (χ0) is 23.1. The van der Waals surface area contributed by atoms with Gasteiger partial charge >= 0.3 is 0 Å². The molecule has 0 aliphatic carbocycles. The van der Waals surface area contributed by atoms with Crippen LogP contribution in [0, 0.1) is 5.92 Å². The smallest absolute Gasteiger partial charge is 0.255 e. The van der Waals surface area contributed by atoms with Crippen molar-refractivity contribution in [3.05, 3.63) is 28.3 Å². The molecule has 3 fully saturated rings. The average molecular weight is 475 g/mol. The number of carbonyl (C=O) groups excluding carboxylic acids is 3. The first-order chi connectivity index (χ1) is 15.9. The van der Waals surface area contributed by atoms with E-state index in [0.29, 0.717) is 29.5 Å². The summed E-state index contributed by atoms with van der Waals surface area (Å²) in [6.45, 7) is 5.19. The summed E-state index contributed by atoms with van der Waals surface area (Å²) in [6, 6.07) is 3.13. The van der Waals surface area contributed by atoms with Crippen LogP contribution in [0.5, 0.6) is 0 Å². The van der Waals surface area contributed by atoms with Crippen molar-refractivity contribution in [2.24, 2.45) is 5.92 Å². The first-order valence-corrected chi connectivity index (χ1v) is 12.4. The number of benzene rings is 1. The second kappa shape index (κ2) is 9.24. The monoisotopic (exact) mass is 474 g/mol. The number of aliphatic hydroxyl groups is 1. The van der Waals surface area contributed by atoms with Gasteiger partial charge in [0, 0.05) is 56.8 Å². The number of fused-ring (bicyclic) bond motifs is 1. The molecule has 0 spiro atoms. The molecule has 3 saturated heterocycles. The zero-order valence-corrected chi connectivity index (χ0v) is 19.5. The van der Waals surface area contributed by atoms with E-state index in [4.69, 9.17) is 11.6 Å². The summed E-state index contributed by atoms with van der Waals surface area (Å²) in [7, 11) is 0. The van der Waals surface area contributed by atoms with Gasteiger partial charge in [-0.2, -0.15) is 0 Å². The molecule has 33 heavy (non-hydrogen) atoms. The van der Waals surface area contributed by atoms with Crippen molar-refractivity contribution in [3.8, 4) is 0 Å². The number of likely N-dealkylation sites (tertiary alicyclic amines) is 1. The summed E-state index contributed by atoms with van der Waals surface area (Å²) in [5.74, 6) is -0.247. The number of nitrogens with zero attached hydrogens (tertiary/aromatic N) is 3. The van der Waals surface area contributed by atoms with E-state index in [1.165, 1.54) is 0 Å². The molecule has 0 aromatic heterocycles. The molecular formula is C24H31ClN4O4. The van der Waals surface area contributed by atoms with Gasteiger partial charge in [0.05, 0.1) is 16.8 Å². The Hall–Kier alpha value is -2.16. The van der Waals surface area contributed by atoms with E-state index < -0.39 is 11.9 Å². The van der Waals surface area contributed by atoms with Crippen LogP contribution in [0.15, 0.2) is 12.1 Å². The van der Waals surface area contributed by atoms with Crippen LogP contribution in [0.4, 0.5) is 5.69 Å². The number of rotatable bonds is 4. The van der Waals surface area contributed by atoms with Gasteiger partial charge in [-0.25, -0.2) is 0 Å². The Balaban J connectivity index is 1.23. The van der Waals surface area contributed by atoms with Gasteiger partial charge in [0.1, 0.15) is 6.04 Å². The van der Waals surface area contributed by atoms with Gasteiger partial charge in [0.2, 0.25) is 11.8 Å². The number of hydrogen-bond donors (Lipinski definition) is 2. The van der Waals surface area contributed by atoms with Crippen LogP contribution in [-0.4, -0.2) is 77.5 Å². The minimum atomic E-state index is -0.631. The number of halogens is 1. The summed E-state index contributed by atoms with van der Waals surface area (Å²) in [5, 5.41) is 12.6. The second-order valence-electron chi connectivity index (χ2n) is 9.79. The largest absolute Gasteiger partial charge is 0.393 e. The Kier molecular flexibility index (Phi) is 6.33. The number of nitrogens with one attached hydrogen (secondary N) is 1. The SMILES string of the molecule is O=C1CCC(N2Cc3c(ccc(N4CCC(CN5CCC(O)CC5)CC4)c3Cl)C2=O)C(=O)N1. The fourth-order valence-electron chi connectivity index (χ4n) is 5.66. The highest BCUT2D eigenvalue weighted by atomic mass is 35.5. The molecule has 178 valence electrons. The van der Waals surface area contributed by atoms with Crippen molar-refractivity contribution in [1.29, 1.82) is 0 Å². The first kappa shape index (κ1) is 22.6. The van der Waals surface area contributed by atoms with E-state index in [1.807, 2.05) is 12.1 Å². The van der Waals surface area contributed by atoms with Gasteiger partial charge in [-0.3, -0.25) is 19.7 Å². The van der Waals surface area contributed by atoms with Crippen molar-refractivity contribution in [1.82, 2.24) is 15.1 Å². The summed E-state index contributed by atoms with van der Waals surface area (Å²) in [6.07, 6.45) is 4.38. The molecule has 1 unspecified atom stereocenters. The quantitative estimate of drug-likeness (QED) is 0.646. The maximum absolute atomic E-state index is 13.0. The Morgan fingerprint density at radius 1 is 1.00 bits per heavy atom. The average Bonchev–Trinajstić information content (AvgIpc) is 3.13. The fourth-order valence-corrected chi connectivity index (χ4v) is 6.00. The van der Waals surface area contributed by atoms with Crippen LogP contribution in [0.2, 0.25) is 5.02 Å². The highest BCUT2D eigenvalue weighted by Gasteiger charge is 2.40. The molecule has 1 aromatic rings. The third-order valence-corrected chi connectivity index (χ3v) is 8.08. The van der Waals surface area contributed by atoms with Crippen molar-refractivity contribution in [2.75, 3.05) is 37.6 Å². The van der Waals surface area contributed by atoms with E-state index in [1.54, 1.807) is 4.90 Å². The minimum absolute atomic E-state index is 0.136. The Morgan fingerprint density at radius 3 is 2.42 bits per heavy atom. The van der Waals surface area contributed by atoms with Crippen LogP contribution in [0.1, 0.15) is 54.4 Å².